The van der Waals surface area contributed by atoms with E-state index in [1.54, 1.807) is 0 Å². The average molecular weight is 220 g/mol. The summed E-state index contributed by atoms with van der Waals surface area (Å²) in [5, 5.41) is 4.59. The van der Waals surface area contributed by atoms with Crippen LogP contribution < -0.4 is 0 Å². The summed E-state index contributed by atoms with van der Waals surface area (Å²) < 4.78 is 8.47. The predicted molar refractivity (Wildman–Crippen MR) is 62.3 cm³/mol. The summed E-state index contributed by atoms with van der Waals surface area (Å²) in [6, 6.07) is 0. The Hall–Kier alpha value is -0.830. The van der Waals surface area contributed by atoms with Crippen molar-refractivity contribution in [3.63, 3.8) is 0 Å². The van der Waals surface area contributed by atoms with E-state index in [1.165, 1.54) is 24.1 Å². The van der Waals surface area contributed by atoms with Crippen LogP contribution in [0.4, 0.5) is 0 Å². The second kappa shape index (κ2) is 2.89. The highest BCUT2D eigenvalue weighted by molar-refractivity contribution is 5.28. The summed E-state index contributed by atoms with van der Waals surface area (Å²) in [6.07, 6.45) is 4.43. The van der Waals surface area contributed by atoms with Crippen molar-refractivity contribution in [3.05, 3.63) is 17.5 Å². The molecule has 3 nitrogen and oxygen atoms in total. The minimum atomic E-state index is -0.172. The van der Waals surface area contributed by atoms with Crippen LogP contribution in [0.15, 0.2) is 6.20 Å². The second-order valence-electron chi connectivity index (χ2n) is 5.86. The van der Waals surface area contributed by atoms with Gasteiger partial charge in [-0.1, -0.05) is 13.8 Å². The molecule has 3 rings (SSSR count). The molecule has 1 unspecified atom stereocenters. The van der Waals surface area contributed by atoms with E-state index in [9.17, 15) is 0 Å². The van der Waals surface area contributed by atoms with Gasteiger partial charge in [0.25, 0.3) is 0 Å². The molecule has 2 heterocycles. The lowest BCUT2D eigenvalue weighted by molar-refractivity contribution is -0.117. The third-order valence-corrected chi connectivity index (χ3v) is 4.44. The number of hydrogen-bond acceptors (Lipinski definition) is 2. The molecule has 16 heavy (non-hydrogen) atoms. The third-order valence-electron chi connectivity index (χ3n) is 4.44. The van der Waals surface area contributed by atoms with Crippen LogP contribution in [0.3, 0.4) is 0 Å². The Labute approximate surface area is 96.8 Å². The molecule has 1 aromatic heterocycles. The topological polar surface area (TPSA) is 27.1 Å². The zero-order valence-corrected chi connectivity index (χ0v) is 10.6. The van der Waals surface area contributed by atoms with Gasteiger partial charge in [0, 0.05) is 0 Å². The van der Waals surface area contributed by atoms with Gasteiger partial charge in [-0.15, -0.1) is 0 Å². The smallest absolute Gasteiger partial charge is 0.110 e. The fourth-order valence-electron chi connectivity index (χ4n) is 2.75. The number of rotatable bonds is 1. The van der Waals surface area contributed by atoms with Gasteiger partial charge in [0.15, 0.2) is 0 Å². The molecule has 0 radical (unpaired) electrons. The molecule has 0 saturated heterocycles. The van der Waals surface area contributed by atoms with Crippen LogP contribution in [0, 0.1) is 12.8 Å². The van der Waals surface area contributed by atoms with Crippen LogP contribution in [0.5, 0.6) is 0 Å². The van der Waals surface area contributed by atoms with Crippen LogP contribution in [-0.4, -0.2) is 16.4 Å². The zero-order valence-electron chi connectivity index (χ0n) is 10.6. The minimum absolute atomic E-state index is 0.172. The van der Waals surface area contributed by atoms with Crippen molar-refractivity contribution in [3.8, 4) is 0 Å². The van der Waals surface area contributed by atoms with Crippen molar-refractivity contribution in [1.82, 2.24) is 9.78 Å². The zero-order chi connectivity index (χ0) is 11.6. The van der Waals surface area contributed by atoms with Crippen molar-refractivity contribution in [1.29, 1.82) is 0 Å². The molecule has 1 fully saturated rings. The van der Waals surface area contributed by atoms with Crippen LogP contribution in [-0.2, 0) is 15.9 Å². The number of aromatic nitrogens is 2. The van der Waals surface area contributed by atoms with Crippen LogP contribution in [0.25, 0.3) is 0 Å². The average Bonchev–Trinajstić information content (AvgIpc) is 2.90. The van der Waals surface area contributed by atoms with E-state index in [-0.39, 0.29) is 11.1 Å². The van der Waals surface area contributed by atoms with Crippen LogP contribution in [0.2, 0.25) is 0 Å². The predicted octanol–water partition coefficient (Wildman–Crippen LogP) is 2.58. The van der Waals surface area contributed by atoms with E-state index in [0.717, 1.165) is 6.61 Å². The van der Waals surface area contributed by atoms with E-state index in [1.807, 2.05) is 6.20 Å². The summed E-state index contributed by atoms with van der Waals surface area (Å²) in [5.41, 5.74) is 2.60. The summed E-state index contributed by atoms with van der Waals surface area (Å²) in [5.74, 6) is 0.470. The van der Waals surface area contributed by atoms with Crippen molar-refractivity contribution in [2.45, 2.75) is 51.7 Å². The van der Waals surface area contributed by atoms with Gasteiger partial charge in [-0.25, -0.2) is 0 Å². The third kappa shape index (κ3) is 1.10. The van der Waals surface area contributed by atoms with Crippen molar-refractivity contribution >= 4 is 0 Å². The van der Waals surface area contributed by atoms with Gasteiger partial charge in [-0.2, -0.15) is 5.10 Å². The normalized spacial score (nSPS) is 30.8. The number of fused-ring (bicyclic) bond motifs is 2. The monoisotopic (exact) mass is 220 g/mol. The van der Waals surface area contributed by atoms with Gasteiger partial charge in [0.1, 0.15) is 5.60 Å². The summed E-state index contributed by atoms with van der Waals surface area (Å²) in [4.78, 5) is 0. The Bertz CT molecular complexity index is 431. The molecule has 1 aliphatic carbocycles. The largest absolute Gasteiger partial charge is 0.366 e. The van der Waals surface area contributed by atoms with Crippen molar-refractivity contribution < 1.29 is 4.74 Å². The SMILES string of the molecule is Cc1cnn2c1C(C)(C(C)C)OCC21CC1. The van der Waals surface area contributed by atoms with Gasteiger partial charge in [-0.05, 0) is 38.2 Å². The fourth-order valence-corrected chi connectivity index (χ4v) is 2.75. The highest BCUT2D eigenvalue weighted by Crippen LogP contribution is 2.52. The molecule has 1 saturated carbocycles. The first-order chi connectivity index (χ1) is 7.50. The molecular weight excluding hydrogens is 200 g/mol. The lowest BCUT2D eigenvalue weighted by Crippen LogP contribution is -2.46. The van der Waals surface area contributed by atoms with E-state index in [2.05, 4.69) is 37.5 Å². The summed E-state index contributed by atoms with van der Waals surface area (Å²) >= 11 is 0. The van der Waals surface area contributed by atoms with Crippen LogP contribution in [0.1, 0.15) is 44.9 Å². The Balaban J connectivity index is 2.18. The first kappa shape index (κ1) is 10.3. The highest BCUT2D eigenvalue weighted by Gasteiger charge is 2.54. The molecule has 1 aromatic rings. The summed E-state index contributed by atoms with van der Waals surface area (Å²) in [7, 11) is 0. The Morgan fingerprint density at radius 1 is 1.44 bits per heavy atom. The number of hydrogen-bond donors (Lipinski definition) is 0. The van der Waals surface area contributed by atoms with Crippen LogP contribution >= 0.6 is 0 Å². The van der Waals surface area contributed by atoms with E-state index >= 15 is 0 Å². The minimum Gasteiger partial charge on any atom is -0.366 e. The van der Waals surface area contributed by atoms with Crippen molar-refractivity contribution in [2.75, 3.05) is 6.61 Å². The van der Waals surface area contributed by atoms with E-state index in [0.29, 0.717) is 5.92 Å². The van der Waals surface area contributed by atoms with E-state index in [4.69, 9.17) is 4.74 Å². The van der Waals surface area contributed by atoms with Crippen molar-refractivity contribution in [2.24, 2.45) is 5.92 Å². The lowest BCUT2D eigenvalue weighted by Gasteiger charge is -2.42. The van der Waals surface area contributed by atoms with Gasteiger partial charge < -0.3 is 4.74 Å². The first-order valence-electron chi connectivity index (χ1n) is 6.19. The maximum Gasteiger partial charge on any atom is 0.110 e. The number of nitrogens with zero attached hydrogens (tertiary/aromatic N) is 2. The molecule has 0 amide bonds. The summed E-state index contributed by atoms with van der Waals surface area (Å²) in [6.45, 7) is 9.62. The molecule has 88 valence electrons. The van der Waals surface area contributed by atoms with Gasteiger partial charge in [0.2, 0.25) is 0 Å². The van der Waals surface area contributed by atoms with Gasteiger partial charge in [0.05, 0.1) is 24.0 Å². The fraction of sp³-hybridized carbons (Fsp3) is 0.769. The standard InChI is InChI=1S/C13H20N2O/c1-9(2)12(4)11-10(3)7-14-15(11)13(5-6-13)8-16-12/h7,9H,5-6,8H2,1-4H3. The number of ether oxygens (including phenoxy) is 1. The first-order valence-corrected chi connectivity index (χ1v) is 6.19. The molecule has 0 aromatic carbocycles. The Morgan fingerprint density at radius 3 is 2.69 bits per heavy atom. The molecule has 3 heteroatoms. The molecular formula is C13H20N2O. The quantitative estimate of drug-likeness (QED) is 0.727. The molecule has 0 N–H and O–H groups in total. The maximum atomic E-state index is 6.21. The Morgan fingerprint density at radius 2 is 2.12 bits per heavy atom. The number of aryl methyl sites for hydroxylation is 1. The maximum absolute atomic E-state index is 6.21. The second-order valence-corrected chi connectivity index (χ2v) is 5.86. The Kier molecular flexibility index (Phi) is 1.87. The lowest BCUT2D eigenvalue weighted by atomic mass is 9.85. The van der Waals surface area contributed by atoms with Gasteiger partial charge in [-0.3, -0.25) is 4.68 Å². The molecule has 0 bridgehead atoms. The van der Waals surface area contributed by atoms with E-state index < -0.39 is 0 Å². The molecule has 1 atom stereocenters. The molecule has 2 aliphatic rings. The van der Waals surface area contributed by atoms with Gasteiger partial charge >= 0.3 is 0 Å². The molecule has 1 spiro atoms. The highest BCUT2D eigenvalue weighted by atomic mass is 16.5. The molecule has 1 aliphatic heterocycles.